The van der Waals surface area contributed by atoms with E-state index in [2.05, 4.69) is 43.2 Å². The lowest BCUT2D eigenvalue weighted by Crippen LogP contribution is -2.27. The zero-order chi connectivity index (χ0) is 12.7. The van der Waals surface area contributed by atoms with E-state index in [1.54, 1.807) is 0 Å². The van der Waals surface area contributed by atoms with E-state index in [-0.39, 0.29) is 0 Å². The highest BCUT2D eigenvalue weighted by molar-refractivity contribution is 5.14. The third kappa shape index (κ3) is 5.87. The predicted molar refractivity (Wildman–Crippen MR) is 73.2 cm³/mol. The van der Waals surface area contributed by atoms with Crippen molar-refractivity contribution in [2.45, 2.75) is 59.4 Å². The summed E-state index contributed by atoms with van der Waals surface area (Å²) in [7, 11) is 0. The molecular weight excluding hydrogens is 210 g/mol. The molecule has 17 heavy (non-hydrogen) atoms. The average Bonchev–Trinajstić information content (AvgIpc) is 2.68. The standard InChI is InChI=1S/C14H27N3/c1-11(2)7-8-12(3)15-9-5-6-14-10-16-17-13(14)4/h10-12,15H,5-9H2,1-4H3,(H,16,17). The fourth-order valence-corrected chi connectivity index (χ4v) is 1.94. The average molecular weight is 237 g/mol. The van der Waals surface area contributed by atoms with Crippen LogP contribution in [0, 0.1) is 12.8 Å². The maximum Gasteiger partial charge on any atom is 0.0522 e. The first-order chi connectivity index (χ1) is 8.09. The molecule has 1 heterocycles. The number of rotatable bonds is 8. The number of nitrogens with zero attached hydrogens (tertiary/aromatic N) is 1. The summed E-state index contributed by atoms with van der Waals surface area (Å²) in [5, 5.41) is 10.6. The summed E-state index contributed by atoms with van der Waals surface area (Å²) in [5.41, 5.74) is 2.56. The number of aromatic nitrogens is 2. The fourth-order valence-electron chi connectivity index (χ4n) is 1.94. The molecule has 0 aliphatic rings. The van der Waals surface area contributed by atoms with Gasteiger partial charge in [-0.2, -0.15) is 5.10 Å². The van der Waals surface area contributed by atoms with Crippen molar-refractivity contribution < 1.29 is 0 Å². The van der Waals surface area contributed by atoms with Crippen LogP contribution in [0.15, 0.2) is 6.20 Å². The maximum absolute atomic E-state index is 4.04. The van der Waals surface area contributed by atoms with Crippen LogP contribution in [-0.4, -0.2) is 22.8 Å². The van der Waals surface area contributed by atoms with Gasteiger partial charge in [0.15, 0.2) is 0 Å². The van der Waals surface area contributed by atoms with Gasteiger partial charge in [0.1, 0.15) is 0 Å². The van der Waals surface area contributed by atoms with E-state index in [1.165, 1.54) is 30.5 Å². The van der Waals surface area contributed by atoms with E-state index >= 15 is 0 Å². The van der Waals surface area contributed by atoms with E-state index in [0.29, 0.717) is 6.04 Å². The molecule has 1 aromatic heterocycles. The molecule has 2 N–H and O–H groups in total. The van der Waals surface area contributed by atoms with E-state index in [4.69, 9.17) is 0 Å². The lowest BCUT2D eigenvalue weighted by atomic mass is 10.0. The van der Waals surface area contributed by atoms with Gasteiger partial charge in [-0.3, -0.25) is 5.10 Å². The second-order valence-electron chi connectivity index (χ2n) is 5.45. The molecule has 0 saturated carbocycles. The first kappa shape index (κ1) is 14.2. The highest BCUT2D eigenvalue weighted by Crippen LogP contribution is 2.07. The highest BCUT2D eigenvalue weighted by Gasteiger charge is 2.03. The van der Waals surface area contributed by atoms with Gasteiger partial charge in [0.2, 0.25) is 0 Å². The number of aromatic amines is 1. The molecule has 0 bridgehead atoms. The van der Waals surface area contributed by atoms with Gasteiger partial charge in [-0.25, -0.2) is 0 Å². The summed E-state index contributed by atoms with van der Waals surface area (Å²) in [5.74, 6) is 0.813. The molecule has 0 aliphatic carbocycles. The first-order valence-corrected chi connectivity index (χ1v) is 6.81. The van der Waals surface area contributed by atoms with Crippen LogP contribution in [0.3, 0.4) is 0 Å². The van der Waals surface area contributed by atoms with E-state index in [1.807, 2.05) is 6.20 Å². The Labute approximate surface area is 105 Å². The van der Waals surface area contributed by atoms with Gasteiger partial charge in [0.25, 0.3) is 0 Å². The fraction of sp³-hybridized carbons (Fsp3) is 0.786. The molecule has 0 radical (unpaired) electrons. The summed E-state index contributed by atoms with van der Waals surface area (Å²) in [4.78, 5) is 0. The molecule has 98 valence electrons. The highest BCUT2D eigenvalue weighted by atomic mass is 15.1. The Morgan fingerprint density at radius 1 is 1.29 bits per heavy atom. The van der Waals surface area contributed by atoms with Crippen molar-refractivity contribution in [2.75, 3.05) is 6.54 Å². The third-order valence-electron chi connectivity index (χ3n) is 3.23. The van der Waals surface area contributed by atoms with E-state index < -0.39 is 0 Å². The predicted octanol–water partition coefficient (Wildman–Crippen LogP) is 3.07. The van der Waals surface area contributed by atoms with Crippen LogP contribution in [0.1, 0.15) is 51.3 Å². The summed E-state index contributed by atoms with van der Waals surface area (Å²) in [6.07, 6.45) is 6.84. The van der Waals surface area contributed by atoms with Crippen LogP contribution in [0.2, 0.25) is 0 Å². The van der Waals surface area contributed by atoms with Crippen LogP contribution in [0.5, 0.6) is 0 Å². The largest absolute Gasteiger partial charge is 0.314 e. The molecule has 0 aliphatic heterocycles. The van der Waals surface area contributed by atoms with Gasteiger partial charge in [-0.1, -0.05) is 13.8 Å². The van der Waals surface area contributed by atoms with Gasteiger partial charge in [-0.15, -0.1) is 0 Å². The molecule has 0 saturated heterocycles. The Morgan fingerprint density at radius 2 is 2.06 bits per heavy atom. The van der Waals surface area contributed by atoms with Crippen LogP contribution in [0.25, 0.3) is 0 Å². The maximum atomic E-state index is 4.04. The number of hydrogen-bond acceptors (Lipinski definition) is 2. The van der Waals surface area contributed by atoms with Crippen LogP contribution >= 0.6 is 0 Å². The normalized spacial score (nSPS) is 13.2. The second-order valence-corrected chi connectivity index (χ2v) is 5.45. The minimum atomic E-state index is 0.642. The Morgan fingerprint density at radius 3 is 2.65 bits per heavy atom. The van der Waals surface area contributed by atoms with Crippen LogP contribution < -0.4 is 5.32 Å². The lowest BCUT2D eigenvalue weighted by molar-refractivity contribution is 0.448. The molecule has 0 amide bonds. The number of hydrogen-bond donors (Lipinski definition) is 2. The smallest absolute Gasteiger partial charge is 0.0522 e. The topological polar surface area (TPSA) is 40.7 Å². The van der Waals surface area contributed by atoms with Crippen molar-refractivity contribution >= 4 is 0 Å². The van der Waals surface area contributed by atoms with E-state index in [0.717, 1.165) is 18.9 Å². The first-order valence-electron chi connectivity index (χ1n) is 6.81. The zero-order valence-electron chi connectivity index (χ0n) is 11.7. The molecule has 0 spiro atoms. The number of aryl methyl sites for hydroxylation is 2. The molecule has 0 aromatic carbocycles. The lowest BCUT2D eigenvalue weighted by Gasteiger charge is -2.14. The number of H-pyrrole nitrogens is 1. The van der Waals surface area contributed by atoms with Crippen molar-refractivity contribution in [1.29, 1.82) is 0 Å². The van der Waals surface area contributed by atoms with Crippen molar-refractivity contribution in [3.8, 4) is 0 Å². The van der Waals surface area contributed by atoms with Gasteiger partial charge in [0.05, 0.1) is 6.20 Å². The van der Waals surface area contributed by atoms with Gasteiger partial charge < -0.3 is 5.32 Å². The molecule has 3 nitrogen and oxygen atoms in total. The molecule has 3 heteroatoms. The summed E-state index contributed by atoms with van der Waals surface area (Å²) >= 11 is 0. The van der Waals surface area contributed by atoms with Gasteiger partial charge >= 0.3 is 0 Å². The van der Waals surface area contributed by atoms with Crippen molar-refractivity contribution in [1.82, 2.24) is 15.5 Å². The Kier molecular flexibility index (Phi) is 6.27. The Balaban J connectivity index is 2.06. The van der Waals surface area contributed by atoms with Gasteiger partial charge in [-0.05, 0) is 57.6 Å². The van der Waals surface area contributed by atoms with Crippen molar-refractivity contribution in [3.05, 3.63) is 17.5 Å². The molecule has 0 fully saturated rings. The van der Waals surface area contributed by atoms with Crippen LogP contribution in [-0.2, 0) is 6.42 Å². The quantitative estimate of drug-likeness (QED) is 0.682. The van der Waals surface area contributed by atoms with Crippen molar-refractivity contribution in [3.63, 3.8) is 0 Å². The Hall–Kier alpha value is -0.830. The minimum absolute atomic E-state index is 0.642. The second kappa shape index (κ2) is 7.49. The van der Waals surface area contributed by atoms with Gasteiger partial charge in [0, 0.05) is 11.7 Å². The summed E-state index contributed by atoms with van der Waals surface area (Å²) < 4.78 is 0. The Bertz CT molecular complexity index is 304. The zero-order valence-corrected chi connectivity index (χ0v) is 11.7. The SMILES string of the molecule is Cc1[nH]ncc1CCCNC(C)CCC(C)C. The molecule has 1 aromatic rings. The van der Waals surface area contributed by atoms with Crippen molar-refractivity contribution in [2.24, 2.45) is 5.92 Å². The monoisotopic (exact) mass is 237 g/mol. The summed E-state index contributed by atoms with van der Waals surface area (Å²) in [6, 6.07) is 0.642. The summed E-state index contributed by atoms with van der Waals surface area (Å²) in [6.45, 7) is 10.0. The minimum Gasteiger partial charge on any atom is -0.314 e. The molecular formula is C14H27N3. The molecule has 1 atom stereocenters. The molecule has 1 unspecified atom stereocenters. The number of nitrogens with one attached hydrogen (secondary N) is 2. The molecule has 1 rings (SSSR count). The third-order valence-corrected chi connectivity index (χ3v) is 3.23. The van der Waals surface area contributed by atoms with E-state index in [9.17, 15) is 0 Å². The van der Waals surface area contributed by atoms with Crippen LogP contribution in [0.4, 0.5) is 0 Å².